The van der Waals surface area contributed by atoms with E-state index in [0.29, 0.717) is 5.06 Å². The number of aliphatic hydroxyl groups is 1. The molecule has 0 aromatic heterocycles. The van der Waals surface area contributed by atoms with E-state index in [1.165, 1.54) is 20.1 Å². The van der Waals surface area contributed by atoms with Gasteiger partial charge in [-0.3, -0.25) is 0 Å². The van der Waals surface area contributed by atoms with E-state index < -0.39 is 18.2 Å². The number of aliphatic imine (C=N–C) groups is 1. The molecule has 1 atom stereocenters. The lowest BCUT2D eigenvalue weighted by molar-refractivity contribution is -0.198. The van der Waals surface area contributed by atoms with Gasteiger partial charge < -0.3 is 9.94 Å². The second-order valence-corrected chi connectivity index (χ2v) is 2.24. The number of hydroxylamine groups is 2. The second kappa shape index (κ2) is 5.87. The molecular weight excluding hydrogens is 188 g/mol. The van der Waals surface area contributed by atoms with E-state index in [1.807, 2.05) is 0 Å². The maximum absolute atomic E-state index is 11.1. The Bertz CT molecular complexity index is 260. The van der Waals surface area contributed by atoms with Crippen molar-refractivity contribution >= 4 is 18.2 Å². The third kappa shape index (κ3) is 3.81. The van der Waals surface area contributed by atoms with E-state index in [4.69, 9.17) is 5.11 Å². The predicted octanol–water partition coefficient (Wildman–Crippen LogP) is 0.482. The fourth-order valence-corrected chi connectivity index (χ4v) is 0.577. The molecule has 0 bridgehead atoms. The number of amides is 2. The molecule has 0 aromatic carbocycles. The van der Waals surface area contributed by atoms with E-state index in [-0.39, 0.29) is 0 Å². The van der Waals surface area contributed by atoms with Crippen LogP contribution in [0.15, 0.2) is 17.6 Å². The summed E-state index contributed by atoms with van der Waals surface area (Å²) in [5.74, 6) is -0.842. The zero-order valence-electron chi connectivity index (χ0n) is 8.01. The molecule has 0 saturated heterocycles. The molecule has 0 rings (SSSR count). The van der Waals surface area contributed by atoms with Crippen molar-refractivity contribution in [2.24, 2.45) is 4.99 Å². The number of rotatable bonds is 2. The second-order valence-electron chi connectivity index (χ2n) is 2.24. The molecule has 2 amide bonds. The fraction of sp³-hybridized carbons (Fsp3) is 0.375. The van der Waals surface area contributed by atoms with Gasteiger partial charge in [0, 0.05) is 12.3 Å². The van der Waals surface area contributed by atoms with Gasteiger partial charge in [-0.1, -0.05) is 6.58 Å². The monoisotopic (exact) mass is 200 g/mol. The van der Waals surface area contributed by atoms with Crippen molar-refractivity contribution in [1.29, 1.82) is 0 Å². The minimum absolute atomic E-state index is 0.448. The van der Waals surface area contributed by atoms with Crippen LogP contribution in [0.5, 0.6) is 0 Å². The molecule has 6 heteroatoms. The molecule has 78 valence electrons. The third-order valence-electron chi connectivity index (χ3n) is 1.12. The molecule has 1 unspecified atom stereocenters. The fourth-order valence-electron chi connectivity index (χ4n) is 0.577. The molecule has 0 aliphatic rings. The lowest BCUT2D eigenvalue weighted by Crippen LogP contribution is -2.38. The Morgan fingerprint density at radius 1 is 1.64 bits per heavy atom. The summed E-state index contributed by atoms with van der Waals surface area (Å²) in [6.07, 6.45) is 0.827. The summed E-state index contributed by atoms with van der Waals surface area (Å²) in [7, 11) is 0. The minimum atomic E-state index is -1.27. The summed E-state index contributed by atoms with van der Waals surface area (Å²) in [4.78, 5) is 29.6. The maximum atomic E-state index is 11.1. The van der Waals surface area contributed by atoms with Gasteiger partial charge in [0.1, 0.15) is 0 Å². The summed E-state index contributed by atoms with van der Waals surface area (Å²) in [6, 6.07) is -0.863. The Kier molecular flexibility index (Phi) is 5.16. The van der Waals surface area contributed by atoms with Crippen LogP contribution in [0.2, 0.25) is 0 Å². The number of nitrogens with zero attached hydrogens (tertiary/aromatic N) is 2. The van der Waals surface area contributed by atoms with Crippen LogP contribution in [-0.2, 0) is 9.63 Å². The van der Waals surface area contributed by atoms with Gasteiger partial charge in [0.2, 0.25) is 0 Å². The first-order valence-electron chi connectivity index (χ1n) is 3.87. The van der Waals surface area contributed by atoms with E-state index in [2.05, 4.69) is 16.4 Å². The Morgan fingerprint density at radius 3 is 2.57 bits per heavy atom. The SMILES string of the molecule is C=CC(=O)ON(C(=O)/N=C/C)C(C)O. The van der Waals surface area contributed by atoms with Gasteiger partial charge in [-0.05, 0) is 13.8 Å². The van der Waals surface area contributed by atoms with Gasteiger partial charge in [-0.15, -0.1) is 5.06 Å². The van der Waals surface area contributed by atoms with Crippen LogP contribution in [-0.4, -0.2) is 34.6 Å². The molecule has 0 radical (unpaired) electrons. The highest BCUT2D eigenvalue weighted by Gasteiger charge is 2.21. The molecule has 0 fully saturated rings. The smallest absolute Gasteiger partial charge is 0.370 e. The van der Waals surface area contributed by atoms with Crippen LogP contribution >= 0.6 is 0 Å². The largest absolute Gasteiger partial charge is 0.378 e. The van der Waals surface area contributed by atoms with Crippen molar-refractivity contribution in [3.8, 4) is 0 Å². The summed E-state index contributed by atoms with van der Waals surface area (Å²) >= 11 is 0. The Hall–Kier alpha value is -1.69. The van der Waals surface area contributed by atoms with Crippen molar-refractivity contribution in [1.82, 2.24) is 5.06 Å². The number of hydrogen-bond donors (Lipinski definition) is 1. The number of carbonyl (C=O) groups is 2. The topological polar surface area (TPSA) is 79.2 Å². The van der Waals surface area contributed by atoms with Crippen molar-refractivity contribution in [3.05, 3.63) is 12.7 Å². The summed E-state index contributed by atoms with van der Waals surface area (Å²) in [5.41, 5.74) is 0. The normalized spacial score (nSPS) is 12.2. The average molecular weight is 200 g/mol. The molecule has 1 N–H and O–H groups in total. The molecule has 6 nitrogen and oxygen atoms in total. The van der Waals surface area contributed by atoms with Crippen molar-refractivity contribution < 1.29 is 19.5 Å². The average Bonchev–Trinajstić information content (AvgIpc) is 2.13. The summed E-state index contributed by atoms with van der Waals surface area (Å²) in [5, 5.41) is 9.52. The van der Waals surface area contributed by atoms with Crippen LogP contribution in [0.25, 0.3) is 0 Å². The van der Waals surface area contributed by atoms with Crippen LogP contribution in [0.4, 0.5) is 4.79 Å². The molecule has 0 heterocycles. The summed E-state index contributed by atoms with van der Waals surface area (Å²) in [6.45, 7) is 5.93. The number of urea groups is 1. The van der Waals surface area contributed by atoms with Gasteiger partial charge in [0.15, 0.2) is 6.23 Å². The lowest BCUT2D eigenvalue weighted by atomic mass is 10.6. The van der Waals surface area contributed by atoms with Crippen LogP contribution in [0, 0.1) is 0 Å². The first-order valence-corrected chi connectivity index (χ1v) is 3.87. The first kappa shape index (κ1) is 12.3. The van der Waals surface area contributed by atoms with Crippen molar-refractivity contribution in [2.45, 2.75) is 20.1 Å². The first-order chi connectivity index (χ1) is 6.52. The van der Waals surface area contributed by atoms with Crippen LogP contribution in [0.1, 0.15) is 13.8 Å². The minimum Gasteiger partial charge on any atom is -0.370 e. The molecule has 14 heavy (non-hydrogen) atoms. The third-order valence-corrected chi connectivity index (χ3v) is 1.12. The Balaban J connectivity index is 4.51. The van der Waals surface area contributed by atoms with Gasteiger partial charge >= 0.3 is 12.0 Å². The number of aliphatic hydroxyl groups excluding tert-OH is 1. The van der Waals surface area contributed by atoms with E-state index >= 15 is 0 Å². The highest BCUT2D eigenvalue weighted by Crippen LogP contribution is 2.01. The lowest BCUT2D eigenvalue weighted by Gasteiger charge is -2.20. The highest BCUT2D eigenvalue weighted by atomic mass is 16.7. The zero-order chi connectivity index (χ0) is 11.1. The van der Waals surface area contributed by atoms with E-state index in [9.17, 15) is 9.59 Å². The molecular formula is C8H12N2O4. The quantitative estimate of drug-likeness (QED) is 0.304. The van der Waals surface area contributed by atoms with Crippen LogP contribution in [0.3, 0.4) is 0 Å². The van der Waals surface area contributed by atoms with E-state index in [1.54, 1.807) is 0 Å². The highest BCUT2D eigenvalue weighted by molar-refractivity contribution is 5.86. The molecule has 0 aliphatic heterocycles. The van der Waals surface area contributed by atoms with Crippen LogP contribution < -0.4 is 0 Å². The Labute approximate surface area is 81.4 Å². The number of carbonyl (C=O) groups excluding carboxylic acids is 2. The predicted molar refractivity (Wildman–Crippen MR) is 49.4 cm³/mol. The van der Waals surface area contributed by atoms with Gasteiger partial charge in [0.25, 0.3) is 0 Å². The van der Waals surface area contributed by atoms with Crippen molar-refractivity contribution in [2.75, 3.05) is 0 Å². The maximum Gasteiger partial charge on any atom is 0.378 e. The van der Waals surface area contributed by atoms with Gasteiger partial charge in [-0.2, -0.15) is 0 Å². The Morgan fingerprint density at radius 2 is 2.21 bits per heavy atom. The molecule has 0 aliphatic carbocycles. The standard InChI is InChI=1S/C8H12N2O4/c1-4-7(12)14-10(6(3)11)8(13)9-5-2/h4-6,11H,1H2,2-3H3/b9-5+. The molecule has 0 saturated carbocycles. The number of hydrogen-bond acceptors (Lipinski definition) is 4. The molecule has 0 aromatic rings. The van der Waals surface area contributed by atoms with Crippen molar-refractivity contribution in [3.63, 3.8) is 0 Å². The van der Waals surface area contributed by atoms with E-state index in [0.717, 1.165) is 6.08 Å². The molecule has 0 spiro atoms. The van der Waals surface area contributed by atoms with Gasteiger partial charge in [0.05, 0.1) is 0 Å². The van der Waals surface area contributed by atoms with Gasteiger partial charge in [-0.25, -0.2) is 14.6 Å². The zero-order valence-corrected chi connectivity index (χ0v) is 8.01. The summed E-state index contributed by atoms with van der Waals surface area (Å²) < 4.78 is 0.